The molecule has 2 aromatic rings. The first-order valence-electron chi connectivity index (χ1n) is 5.96. The molecule has 0 bridgehead atoms. The molecule has 2 heterocycles. The van der Waals surface area contributed by atoms with Crippen LogP contribution in [0, 0.1) is 5.82 Å². The van der Waals surface area contributed by atoms with Gasteiger partial charge in [-0.25, -0.2) is 4.39 Å². The Morgan fingerprint density at radius 1 is 1.26 bits per heavy atom. The van der Waals surface area contributed by atoms with Gasteiger partial charge in [0.2, 0.25) is 0 Å². The van der Waals surface area contributed by atoms with Gasteiger partial charge in [0, 0.05) is 37.8 Å². The fourth-order valence-electron chi connectivity index (χ4n) is 2.36. The predicted octanol–water partition coefficient (Wildman–Crippen LogP) is 2.97. The second-order valence-electron chi connectivity index (χ2n) is 4.33. The number of hydrogen-bond donors (Lipinski definition) is 1. The number of nitrogens with one attached hydrogen (secondary N) is 1. The maximum Gasteiger partial charge on any atom is 0.149 e. The Bertz CT molecular complexity index is 587. The van der Waals surface area contributed by atoms with E-state index in [0.29, 0.717) is 5.52 Å². The maximum atomic E-state index is 13.8. The summed E-state index contributed by atoms with van der Waals surface area (Å²) in [5, 5.41) is 4.18. The average molecular weight is 347 g/mol. The van der Waals surface area contributed by atoms with E-state index < -0.39 is 0 Å². The highest BCUT2D eigenvalue weighted by atomic mass is 79.9. The first kappa shape index (κ1) is 14.5. The van der Waals surface area contributed by atoms with Crippen molar-refractivity contribution in [3.05, 3.63) is 34.7 Å². The smallest absolute Gasteiger partial charge is 0.149 e. The number of hydrogen-bond acceptors (Lipinski definition) is 3. The van der Waals surface area contributed by atoms with Crippen molar-refractivity contribution < 1.29 is 4.39 Å². The van der Waals surface area contributed by atoms with E-state index >= 15 is 0 Å². The molecule has 1 aliphatic heterocycles. The first-order valence-corrected chi connectivity index (χ1v) is 6.75. The number of aromatic nitrogens is 1. The predicted molar refractivity (Wildman–Crippen MR) is 81.7 cm³/mol. The fourth-order valence-corrected chi connectivity index (χ4v) is 2.93. The molecule has 1 aromatic heterocycles. The molecule has 102 valence electrons. The molecule has 0 radical (unpaired) electrons. The van der Waals surface area contributed by atoms with Gasteiger partial charge in [0.25, 0.3) is 0 Å². The molecule has 1 N–H and O–H groups in total. The van der Waals surface area contributed by atoms with Gasteiger partial charge in [0.15, 0.2) is 0 Å². The Labute approximate surface area is 125 Å². The Morgan fingerprint density at radius 2 is 2.00 bits per heavy atom. The third-order valence-electron chi connectivity index (χ3n) is 3.21. The lowest BCUT2D eigenvalue weighted by Crippen LogP contribution is -2.43. The molecule has 0 unspecified atom stereocenters. The normalized spacial score (nSPS) is 15.4. The summed E-state index contributed by atoms with van der Waals surface area (Å²) in [6, 6.07) is 5.11. The zero-order valence-electron chi connectivity index (χ0n) is 10.2. The summed E-state index contributed by atoms with van der Waals surface area (Å²) in [5.41, 5.74) is 1.48. The number of nitrogens with zero attached hydrogens (tertiary/aromatic N) is 2. The van der Waals surface area contributed by atoms with Crippen molar-refractivity contribution in [1.29, 1.82) is 0 Å². The van der Waals surface area contributed by atoms with E-state index in [1.807, 2.05) is 6.07 Å². The second kappa shape index (κ2) is 6.03. The van der Waals surface area contributed by atoms with E-state index in [9.17, 15) is 4.39 Å². The van der Waals surface area contributed by atoms with Gasteiger partial charge in [0.1, 0.15) is 11.3 Å². The van der Waals surface area contributed by atoms with Crippen molar-refractivity contribution in [3.63, 3.8) is 0 Å². The molecular formula is C13H14BrClFN3. The summed E-state index contributed by atoms with van der Waals surface area (Å²) < 4.78 is 14.7. The zero-order chi connectivity index (χ0) is 12.5. The third-order valence-corrected chi connectivity index (χ3v) is 3.79. The lowest BCUT2D eigenvalue weighted by Gasteiger charge is -2.31. The molecule has 3 rings (SSSR count). The fraction of sp³-hybridized carbons (Fsp3) is 0.308. The van der Waals surface area contributed by atoms with Crippen molar-refractivity contribution in [1.82, 2.24) is 10.3 Å². The van der Waals surface area contributed by atoms with Crippen LogP contribution in [0.15, 0.2) is 28.9 Å². The van der Waals surface area contributed by atoms with Crippen LogP contribution >= 0.6 is 28.3 Å². The van der Waals surface area contributed by atoms with Crippen LogP contribution in [-0.2, 0) is 0 Å². The van der Waals surface area contributed by atoms with Gasteiger partial charge >= 0.3 is 0 Å². The van der Waals surface area contributed by atoms with Crippen molar-refractivity contribution in [2.75, 3.05) is 31.1 Å². The number of piperazine rings is 1. The molecule has 1 aromatic carbocycles. The van der Waals surface area contributed by atoms with Crippen LogP contribution in [0.3, 0.4) is 0 Å². The number of rotatable bonds is 1. The SMILES string of the molecule is Cl.Fc1cccc2c(N3CCNCC3)c(Br)cnc12. The molecule has 1 saturated heterocycles. The minimum atomic E-state index is -0.267. The second-order valence-corrected chi connectivity index (χ2v) is 5.18. The average Bonchev–Trinajstić information content (AvgIpc) is 2.40. The minimum absolute atomic E-state index is 0. The van der Waals surface area contributed by atoms with Crippen molar-refractivity contribution in [2.24, 2.45) is 0 Å². The molecule has 1 fully saturated rings. The number of fused-ring (bicyclic) bond motifs is 1. The van der Waals surface area contributed by atoms with Gasteiger partial charge in [-0.1, -0.05) is 12.1 Å². The summed E-state index contributed by atoms with van der Waals surface area (Å²) in [6.45, 7) is 3.75. The molecule has 3 nitrogen and oxygen atoms in total. The van der Waals surface area contributed by atoms with E-state index in [4.69, 9.17) is 0 Å². The minimum Gasteiger partial charge on any atom is -0.367 e. The van der Waals surface area contributed by atoms with Gasteiger partial charge in [-0.15, -0.1) is 12.4 Å². The van der Waals surface area contributed by atoms with Crippen LogP contribution in [0.4, 0.5) is 10.1 Å². The monoisotopic (exact) mass is 345 g/mol. The molecule has 6 heteroatoms. The maximum absolute atomic E-state index is 13.8. The summed E-state index contributed by atoms with van der Waals surface area (Å²) in [6.07, 6.45) is 1.68. The summed E-state index contributed by atoms with van der Waals surface area (Å²) >= 11 is 3.53. The van der Waals surface area contributed by atoms with E-state index in [2.05, 4.69) is 31.1 Å². The topological polar surface area (TPSA) is 28.2 Å². The van der Waals surface area contributed by atoms with Crippen LogP contribution < -0.4 is 10.2 Å². The van der Waals surface area contributed by atoms with Crippen LogP contribution in [0.1, 0.15) is 0 Å². The van der Waals surface area contributed by atoms with Crippen LogP contribution in [-0.4, -0.2) is 31.2 Å². The van der Waals surface area contributed by atoms with E-state index in [0.717, 1.165) is 41.7 Å². The molecular weight excluding hydrogens is 333 g/mol. The van der Waals surface area contributed by atoms with Crippen molar-refractivity contribution in [2.45, 2.75) is 0 Å². The Hall–Kier alpha value is -0.910. The Morgan fingerprint density at radius 3 is 2.74 bits per heavy atom. The lowest BCUT2D eigenvalue weighted by molar-refractivity contribution is 0.589. The van der Waals surface area contributed by atoms with Gasteiger partial charge in [-0.2, -0.15) is 0 Å². The van der Waals surface area contributed by atoms with Gasteiger partial charge in [-0.3, -0.25) is 4.98 Å². The lowest BCUT2D eigenvalue weighted by atomic mass is 10.1. The van der Waals surface area contributed by atoms with Crippen LogP contribution in [0.25, 0.3) is 10.9 Å². The third kappa shape index (κ3) is 2.68. The molecule has 0 saturated carbocycles. The van der Waals surface area contributed by atoms with E-state index in [-0.39, 0.29) is 18.2 Å². The zero-order valence-corrected chi connectivity index (χ0v) is 12.6. The van der Waals surface area contributed by atoms with Crippen molar-refractivity contribution >= 4 is 44.9 Å². The molecule has 1 aliphatic rings. The highest BCUT2D eigenvalue weighted by molar-refractivity contribution is 9.10. The number of pyridine rings is 1. The van der Waals surface area contributed by atoms with Crippen LogP contribution in [0.5, 0.6) is 0 Å². The number of anilines is 1. The van der Waals surface area contributed by atoms with Gasteiger partial charge < -0.3 is 10.2 Å². The molecule has 19 heavy (non-hydrogen) atoms. The highest BCUT2D eigenvalue weighted by Crippen LogP contribution is 2.34. The number of halogens is 3. The van der Waals surface area contributed by atoms with Crippen LogP contribution in [0.2, 0.25) is 0 Å². The van der Waals surface area contributed by atoms with E-state index in [1.54, 1.807) is 12.3 Å². The molecule has 0 spiro atoms. The van der Waals surface area contributed by atoms with E-state index in [1.165, 1.54) is 6.07 Å². The largest absolute Gasteiger partial charge is 0.367 e. The molecule has 0 atom stereocenters. The Balaban J connectivity index is 0.00000133. The van der Waals surface area contributed by atoms with Gasteiger partial charge in [-0.05, 0) is 22.0 Å². The number of benzene rings is 1. The van der Waals surface area contributed by atoms with Gasteiger partial charge in [0.05, 0.1) is 10.2 Å². The number of para-hydroxylation sites is 1. The summed E-state index contributed by atoms with van der Waals surface area (Å²) in [7, 11) is 0. The highest BCUT2D eigenvalue weighted by Gasteiger charge is 2.17. The Kier molecular flexibility index (Phi) is 4.60. The first-order chi connectivity index (χ1) is 8.77. The quantitative estimate of drug-likeness (QED) is 0.860. The summed E-state index contributed by atoms with van der Waals surface area (Å²) in [4.78, 5) is 6.44. The summed E-state index contributed by atoms with van der Waals surface area (Å²) in [5.74, 6) is -0.267. The molecule has 0 amide bonds. The standard InChI is InChI=1S/C13H13BrFN3.ClH/c14-10-8-17-12-9(2-1-3-11(12)15)13(10)18-6-4-16-5-7-18;/h1-3,8,16H,4-7H2;1H. The van der Waals surface area contributed by atoms with Crippen molar-refractivity contribution in [3.8, 4) is 0 Å². The molecule has 0 aliphatic carbocycles.